The average molecular weight is 256 g/mol. The second-order valence-corrected chi connectivity index (χ2v) is 4.84. The Hall–Kier alpha value is -1.65. The Bertz CT molecular complexity index is 379. The summed E-state index contributed by atoms with van der Waals surface area (Å²) in [6, 6.07) is 0. The largest absolute Gasteiger partial charge is 0.444 e. The van der Waals surface area contributed by atoms with Crippen LogP contribution in [0.15, 0.2) is 28.2 Å². The number of hydrogen-bond acceptors (Lipinski definition) is 3. The smallest absolute Gasteiger partial charge is 0.407 e. The third-order valence-electron chi connectivity index (χ3n) is 2.09. The molecular formula is C13H21FN2O2. The van der Waals surface area contributed by atoms with Crippen molar-refractivity contribution in [3.63, 3.8) is 0 Å². The molecule has 0 heterocycles. The van der Waals surface area contributed by atoms with Crippen molar-refractivity contribution in [2.75, 3.05) is 6.54 Å². The molecular weight excluding hydrogens is 235 g/mol. The molecule has 0 fully saturated rings. The van der Waals surface area contributed by atoms with Gasteiger partial charge in [-0.2, -0.15) is 4.39 Å². The van der Waals surface area contributed by atoms with E-state index in [4.69, 9.17) is 4.74 Å². The molecule has 0 aliphatic carbocycles. The molecule has 0 aliphatic heterocycles. The molecule has 0 radical (unpaired) electrons. The van der Waals surface area contributed by atoms with Gasteiger partial charge in [0.2, 0.25) is 5.95 Å². The highest BCUT2D eigenvalue weighted by Crippen LogP contribution is 2.15. The number of ether oxygens (including phenoxy) is 1. The van der Waals surface area contributed by atoms with Gasteiger partial charge in [0.25, 0.3) is 0 Å². The standard InChI is InChI=1S/C13H21FN2O2/c1-9(10(2)11(14)15-6)7-8-16-12(17)18-13(3,4)5/h7H,6,8H2,1-5H3,(H,16,17)/b9-7?,11-10+. The van der Waals surface area contributed by atoms with E-state index >= 15 is 0 Å². The highest BCUT2D eigenvalue weighted by molar-refractivity contribution is 5.67. The first-order valence-electron chi connectivity index (χ1n) is 5.64. The number of allylic oxidation sites excluding steroid dienone is 2. The van der Waals surface area contributed by atoms with Crippen LogP contribution in [0.5, 0.6) is 0 Å². The summed E-state index contributed by atoms with van der Waals surface area (Å²) in [6.45, 7) is 12.1. The first-order valence-corrected chi connectivity index (χ1v) is 5.64. The molecule has 1 N–H and O–H groups in total. The van der Waals surface area contributed by atoms with Crippen LogP contribution in [-0.4, -0.2) is 25.0 Å². The van der Waals surface area contributed by atoms with Crippen molar-refractivity contribution < 1.29 is 13.9 Å². The average Bonchev–Trinajstić information content (AvgIpc) is 2.24. The van der Waals surface area contributed by atoms with Gasteiger partial charge in [0.15, 0.2) is 0 Å². The van der Waals surface area contributed by atoms with E-state index in [-0.39, 0.29) is 6.54 Å². The number of carbonyl (C=O) groups excluding carboxylic acids is 1. The molecule has 0 aromatic rings. The Balaban J connectivity index is 4.34. The number of aliphatic imine (C=N–C) groups is 1. The van der Waals surface area contributed by atoms with E-state index < -0.39 is 17.6 Å². The maximum absolute atomic E-state index is 13.1. The summed E-state index contributed by atoms with van der Waals surface area (Å²) in [7, 11) is 0. The minimum atomic E-state index is -0.610. The van der Waals surface area contributed by atoms with Gasteiger partial charge in [-0.25, -0.2) is 9.79 Å². The van der Waals surface area contributed by atoms with Crippen LogP contribution in [-0.2, 0) is 4.74 Å². The zero-order valence-electron chi connectivity index (χ0n) is 11.6. The third kappa shape index (κ3) is 6.83. The zero-order valence-corrected chi connectivity index (χ0v) is 11.6. The quantitative estimate of drug-likeness (QED) is 0.476. The highest BCUT2D eigenvalue weighted by Gasteiger charge is 2.15. The zero-order chi connectivity index (χ0) is 14.3. The van der Waals surface area contributed by atoms with E-state index in [0.717, 1.165) is 0 Å². The predicted molar refractivity (Wildman–Crippen MR) is 71.4 cm³/mol. The second kappa shape index (κ2) is 6.93. The molecule has 0 atom stereocenters. The minimum Gasteiger partial charge on any atom is -0.444 e. The maximum atomic E-state index is 13.1. The molecule has 0 saturated heterocycles. The van der Waals surface area contributed by atoms with Gasteiger partial charge in [-0.1, -0.05) is 6.08 Å². The van der Waals surface area contributed by atoms with Crippen LogP contribution in [0.4, 0.5) is 9.18 Å². The van der Waals surface area contributed by atoms with Crippen molar-refractivity contribution in [3.8, 4) is 0 Å². The third-order valence-corrected chi connectivity index (χ3v) is 2.09. The summed E-state index contributed by atoms with van der Waals surface area (Å²) in [4.78, 5) is 14.5. The van der Waals surface area contributed by atoms with Crippen LogP contribution in [0.2, 0.25) is 0 Å². The lowest BCUT2D eigenvalue weighted by Gasteiger charge is -2.19. The Labute approximate surface area is 108 Å². The van der Waals surface area contributed by atoms with Crippen molar-refractivity contribution in [3.05, 3.63) is 23.2 Å². The number of halogens is 1. The molecule has 0 unspecified atom stereocenters. The topological polar surface area (TPSA) is 50.7 Å². The molecule has 5 heteroatoms. The van der Waals surface area contributed by atoms with Crippen LogP contribution in [0.1, 0.15) is 34.6 Å². The molecule has 18 heavy (non-hydrogen) atoms. The van der Waals surface area contributed by atoms with Crippen LogP contribution >= 0.6 is 0 Å². The minimum absolute atomic E-state index is 0.266. The number of carbonyl (C=O) groups is 1. The normalized spacial score (nSPS) is 13.8. The van der Waals surface area contributed by atoms with Gasteiger partial charge in [-0.15, -0.1) is 0 Å². The molecule has 0 aliphatic rings. The molecule has 4 nitrogen and oxygen atoms in total. The summed E-state index contributed by atoms with van der Waals surface area (Å²) >= 11 is 0. The Morgan fingerprint density at radius 1 is 1.44 bits per heavy atom. The van der Waals surface area contributed by atoms with Crippen LogP contribution in [0.25, 0.3) is 0 Å². The molecule has 0 aromatic carbocycles. The van der Waals surface area contributed by atoms with Gasteiger partial charge in [0, 0.05) is 12.1 Å². The van der Waals surface area contributed by atoms with Crippen molar-refractivity contribution in [1.29, 1.82) is 0 Å². The number of nitrogens with one attached hydrogen (secondary N) is 1. The van der Waals surface area contributed by atoms with Gasteiger partial charge in [-0.05, 0) is 46.9 Å². The number of nitrogens with zero attached hydrogens (tertiary/aromatic N) is 1. The lowest BCUT2D eigenvalue weighted by molar-refractivity contribution is 0.0534. The van der Waals surface area contributed by atoms with Crippen LogP contribution in [0, 0.1) is 0 Å². The van der Waals surface area contributed by atoms with E-state index in [1.165, 1.54) is 0 Å². The van der Waals surface area contributed by atoms with Gasteiger partial charge in [0.1, 0.15) is 5.60 Å². The van der Waals surface area contributed by atoms with E-state index in [1.54, 1.807) is 40.7 Å². The Morgan fingerprint density at radius 3 is 2.44 bits per heavy atom. The molecule has 1 amide bonds. The van der Waals surface area contributed by atoms with E-state index in [1.807, 2.05) is 0 Å². The summed E-state index contributed by atoms with van der Waals surface area (Å²) in [5.74, 6) is -0.610. The first-order chi connectivity index (χ1) is 8.17. The number of rotatable bonds is 4. The van der Waals surface area contributed by atoms with E-state index in [9.17, 15) is 9.18 Å². The van der Waals surface area contributed by atoms with Gasteiger partial charge in [-0.3, -0.25) is 0 Å². The predicted octanol–water partition coefficient (Wildman–Crippen LogP) is 3.36. The molecule has 102 valence electrons. The summed E-state index contributed by atoms with van der Waals surface area (Å²) in [6.07, 6.45) is 1.18. The lowest BCUT2D eigenvalue weighted by Crippen LogP contribution is -2.32. The monoisotopic (exact) mass is 256 g/mol. The molecule has 0 bridgehead atoms. The lowest BCUT2D eigenvalue weighted by atomic mass is 10.1. The van der Waals surface area contributed by atoms with Crippen molar-refractivity contribution in [2.24, 2.45) is 4.99 Å². The summed E-state index contributed by atoms with van der Waals surface area (Å²) in [5.41, 5.74) is 0.560. The number of hydrogen-bond donors (Lipinski definition) is 1. The molecule has 0 saturated carbocycles. The molecule has 0 aromatic heterocycles. The van der Waals surface area contributed by atoms with Crippen molar-refractivity contribution in [1.82, 2.24) is 5.32 Å². The number of amides is 1. The van der Waals surface area contributed by atoms with Gasteiger partial charge in [0.05, 0.1) is 0 Å². The van der Waals surface area contributed by atoms with Crippen molar-refractivity contribution >= 4 is 12.8 Å². The summed E-state index contributed by atoms with van der Waals surface area (Å²) in [5, 5.41) is 2.55. The fourth-order valence-corrected chi connectivity index (χ4v) is 1.04. The molecule has 0 rings (SSSR count). The Kier molecular flexibility index (Phi) is 6.30. The fourth-order valence-electron chi connectivity index (χ4n) is 1.04. The van der Waals surface area contributed by atoms with E-state index in [0.29, 0.717) is 11.1 Å². The van der Waals surface area contributed by atoms with Crippen LogP contribution in [0.3, 0.4) is 0 Å². The Morgan fingerprint density at radius 2 is 2.00 bits per heavy atom. The molecule has 0 spiro atoms. The first kappa shape index (κ1) is 16.4. The maximum Gasteiger partial charge on any atom is 0.407 e. The van der Waals surface area contributed by atoms with Crippen molar-refractivity contribution in [2.45, 2.75) is 40.2 Å². The second-order valence-electron chi connectivity index (χ2n) is 4.84. The van der Waals surface area contributed by atoms with Gasteiger partial charge < -0.3 is 10.1 Å². The number of alkyl carbamates (subject to hydrolysis) is 1. The van der Waals surface area contributed by atoms with Crippen LogP contribution < -0.4 is 5.32 Å². The summed E-state index contributed by atoms with van der Waals surface area (Å²) < 4.78 is 18.1. The SMILES string of the molecule is C=N/C(F)=C(\C)C(C)=CCNC(=O)OC(C)(C)C. The fraction of sp³-hybridized carbons (Fsp3) is 0.538. The van der Waals surface area contributed by atoms with Gasteiger partial charge >= 0.3 is 6.09 Å². The van der Waals surface area contributed by atoms with E-state index in [2.05, 4.69) is 17.0 Å². The highest BCUT2D eigenvalue weighted by atomic mass is 19.1.